The van der Waals surface area contributed by atoms with Crippen LogP contribution in [0.5, 0.6) is 0 Å². The van der Waals surface area contributed by atoms with E-state index in [-0.39, 0.29) is 10.8 Å². The molecule has 0 bridgehead atoms. The zero-order chi connectivity index (χ0) is 14.5. The van der Waals surface area contributed by atoms with Crippen molar-refractivity contribution in [1.29, 1.82) is 0 Å². The topological polar surface area (TPSA) is 25.2 Å². The standard InChI is InChI=1S/C13H11ClF3NOS/c14-11-4-1-8(5-12(11)15)18-6-9-2-3-10(19-9)7-20-13(16)17/h1-5,13,18H,6-7H2. The Morgan fingerprint density at radius 3 is 2.65 bits per heavy atom. The number of alkyl halides is 2. The van der Waals surface area contributed by atoms with E-state index < -0.39 is 11.6 Å². The fourth-order valence-corrected chi connectivity index (χ4v) is 2.10. The van der Waals surface area contributed by atoms with Gasteiger partial charge in [0.05, 0.1) is 17.3 Å². The largest absolute Gasteiger partial charge is 0.463 e. The second kappa shape index (κ2) is 6.95. The Morgan fingerprint density at radius 1 is 1.20 bits per heavy atom. The summed E-state index contributed by atoms with van der Waals surface area (Å²) in [7, 11) is 0. The molecule has 0 unspecified atom stereocenters. The zero-order valence-corrected chi connectivity index (χ0v) is 11.8. The van der Waals surface area contributed by atoms with Crippen LogP contribution in [-0.2, 0) is 12.3 Å². The molecule has 1 heterocycles. The number of halogens is 4. The van der Waals surface area contributed by atoms with Crippen LogP contribution in [0.1, 0.15) is 11.5 Å². The predicted molar refractivity (Wildman–Crippen MR) is 74.7 cm³/mol. The molecule has 20 heavy (non-hydrogen) atoms. The molecular weight excluding hydrogens is 311 g/mol. The number of anilines is 1. The van der Waals surface area contributed by atoms with Crippen LogP contribution in [0.2, 0.25) is 5.02 Å². The SMILES string of the molecule is Fc1cc(NCc2ccc(CSC(F)F)o2)ccc1Cl. The molecule has 0 aliphatic heterocycles. The van der Waals surface area contributed by atoms with Crippen LogP contribution in [0.4, 0.5) is 18.9 Å². The van der Waals surface area contributed by atoms with E-state index in [4.69, 9.17) is 16.0 Å². The van der Waals surface area contributed by atoms with Crippen molar-refractivity contribution in [2.75, 3.05) is 5.32 Å². The van der Waals surface area contributed by atoms with Gasteiger partial charge in [0, 0.05) is 5.69 Å². The maximum absolute atomic E-state index is 13.2. The van der Waals surface area contributed by atoms with Crippen molar-refractivity contribution < 1.29 is 17.6 Å². The van der Waals surface area contributed by atoms with Crippen molar-refractivity contribution in [1.82, 2.24) is 0 Å². The van der Waals surface area contributed by atoms with Crippen molar-refractivity contribution in [2.45, 2.75) is 18.1 Å². The highest BCUT2D eigenvalue weighted by Gasteiger charge is 2.07. The lowest BCUT2D eigenvalue weighted by Gasteiger charge is -2.05. The molecule has 1 N–H and O–H groups in total. The maximum Gasteiger partial charge on any atom is 0.284 e. The van der Waals surface area contributed by atoms with Gasteiger partial charge < -0.3 is 9.73 Å². The Morgan fingerprint density at radius 2 is 1.95 bits per heavy atom. The van der Waals surface area contributed by atoms with Gasteiger partial charge in [0.15, 0.2) is 0 Å². The van der Waals surface area contributed by atoms with Crippen molar-refractivity contribution in [3.63, 3.8) is 0 Å². The minimum absolute atomic E-state index is 0.0554. The zero-order valence-electron chi connectivity index (χ0n) is 10.2. The van der Waals surface area contributed by atoms with Crippen LogP contribution in [0.3, 0.4) is 0 Å². The Bertz CT molecular complexity index is 576. The summed E-state index contributed by atoms with van der Waals surface area (Å²) in [5.41, 5.74) is 0.562. The molecule has 0 radical (unpaired) electrons. The highest BCUT2D eigenvalue weighted by Crippen LogP contribution is 2.22. The average molecular weight is 322 g/mol. The lowest BCUT2D eigenvalue weighted by molar-refractivity contribution is 0.251. The van der Waals surface area contributed by atoms with E-state index in [0.29, 0.717) is 35.5 Å². The second-order valence-electron chi connectivity index (χ2n) is 3.92. The van der Waals surface area contributed by atoms with Crippen LogP contribution in [0.15, 0.2) is 34.7 Å². The summed E-state index contributed by atoms with van der Waals surface area (Å²) >= 11 is 6.08. The molecule has 0 amide bonds. The van der Waals surface area contributed by atoms with E-state index in [1.807, 2.05) is 0 Å². The Labute approximate surface area is 123 Å². The highest BCUT2D eigenvalue weighted by molar-refractivity contribution is 7.98. The second-order valence-corrected chi connectivity index (χ2v) is 5.31. The van der Waals surface area contributed by atoms with E-state index in [2.05, 4.69) is 5.32 Å². The van der Waals surface area contributed by atoms with Gasteiger partial charge in [0.1, 0.15) is 17.3 Å². The summed E-state index contributed by atoms with van der Waals surface area (Å²) in [5, 5.41) is 3.02. The summed E-state index contributed by atoms with van der Waals surface area (Å²) in [6.45, 7) is 0.334. The maximum atomic E-state index is 13.2. The Hall–Kier alpha value is -1.27. The number of rotatable bonds is 6. The summed E-state index contributed by atoms with van der Waals surface area (Å²) in [4.78, 5) is 0. The third-order valence-electron chi connectivity index (χ3n) is 2.46. The third-order valence-corrected chi connectivity index (χ3v) is 3.46. The smallest absolute Gasteiger partial charge is 0.284 e. The molecule has 0 saturated carbocycles. The van der Waals surface area contributed by atoms with Crippen LogP contribution in [0, 0.1) is 5.82 Å². The molecule has 108 valence electrons. The van der Waals surface area contributed by atoms with Gasteiger partial charge >= 0.3 is 0 Å². The first-order chi connectivity index (χ1) is 9.54. The van der Waals surface area contributed by atoms with Gasteiger partial charge in [-0.1, -0.05) is 23.4 Å². The van der Waals surface area contributed by atoms with Gasteiger partial charge in [-0.3, -0.25) is 0 Å². The minimum Gasteiger partial charge on any atom is -0.463 e. The van der Waals surface area contributed by atoms with Crippen molar-refractivity contribution in [2.24, 2.45) is 0 Å². The molecule has 2 nitrogen and oxygen atoms in total. The number of thioether (sulfide) groups is 1. The number of furan rings is 1. The Kier molecular flexibility index (Phi) is 5.25. The molecule has 0 saturated heterocycles. The number of hydrogen-bond acceptors (Lipinski definition) is 3. The molecule has 0 aliphatic carbocycles. The van der Waals surface area contributed by atoms with Gasteiger partial charge in [-0.2, -0.15) is 8.78 Å². The van der Waals surface area contributed by atoms with E-state index in [1.165, 1.54) is 12.1 Å². The molecule has 1 aromatic carbocycles. The first kappa shape index (κ1) is 15.1. The monoisotopic (exact) mass is 321 g/mol. The van der Waals surface area contributed by atoms with Crippen LogP contribution < -0.4 is 5.32 Å². The highest BCUT2D eigenvalue weighted by atomic mass is 35.5. The molecule has 1 aromatic heterocycles. The normalized spacial score (nSPS) is 11.1. The molecule has 0 aliphatic rings. The van der Waals surface area contributed by atoms with Crippen LogP contribution in [-0.4, -0.2) is 5.76 Å². The van der Waals surface area contributed by atoms with Gasteiger partial charge in [0.25, 0.3) is 5.76 Å². The van der Waals surface area contributed by atoms with E-state index in [1.54, 1.807) is 18.2 Å². The van der Waals surface area contributed by atoms with Crippen molar-refractivity contribution >= 4 is 29.1 Å². The van der Waals surface area contributed by atoms with Gasteiger partial charge in [-0.05, 0) is 30.3 Å². The van der Waals surface area contributed by atoms with E-state index in [0.717, 1.165) is 0 Å². The third kappa shape index (κ3) is 4.38. The first-order valence-corrected chi connectivity index (χ1v) is 7.13. The number of benzene rings is 1. The van der Waals surface area contributed by atoms with Gasteiger partial charge in [-0.25, -0.2) is 4.39 Å². The van der Waals surface area contributed by atoms with Gasteiger partial charge in [0.2, 0.25) is 0 Å². The van der Waals surface area contributed by atoms with E-state index >= 15 is 0 Å². The molecule has 0 fully saturated rings. The van der Waals surface area contributed by atoms with Crippen molar-refractivity contribution in [3.05, 3.63) is 52.7 Å². The molecule has 2 rings (SSSR count). The molecule has 0 atom stereocenters. The number of nitrogens with one attached hydrogen (secondary N) is 1. The predicted octanol–water partition coefficient (Wildman–Crippen LogP) is 5.14. The Balaban J connectivity index is 1.89. The number of hydrogen-bond donors (Lipinski definition) is 1. The summed E-state index contributed by atoms with van der Waals surface area (Å²) in [6, 6.07) is 7.71. The lowest BCUT2D eigenvalue weighted by atomic mass is 10.3. The fraction of sp³-hybridized carbons (Fsp3) is 0.231. The van der Waals surface area contributed by atoms with Crippen LogP contribution >= 0.6 is 23.4 Å². The van der Waals surface area contributed by atoms with Gasteiger partial charge in [-0.15, -0.1) is 0 Å². The summed E-state index contributed by atoms with van der Waals surface area (Å²) < 4.78 is 42.6. The average Bonchev–Trinajstić information content (AvgIpc) is 2.86. The fourth-order valence-electron chi connectivity index (χ4n) is 1.54. The van der Waals surface area contributed by atoms with E-state index in [9.17, 15) is 13.2 Å². The van der Waals surface area contributed by atoms with Crippen LogP contribution in [0.25, 0.3) is 0 Å². The van der Waals surface area contributed by atoms with Crippen molar-refractivity contribution in [3.8, 4) is 0 Å². The lowest BCUT2D eigenvalue weighted by Crippen LogP contribution is -1.98. The minimum atomic E-state index is -2.42. The first-order valence-electron chi connectivity index (χ1n) is 5.71. The quantitative estimate of drug-likeness (QED) is 0.797. The molecule has 2 aromatic rings. The summed E-state index contributed by atoms with van der Waals surface area (Å²) in [6.07, 6.45) is 0. The molecule has 0 spiro atoms. The summed E-state index contributed by atoms with van der Waals surface area (Å²) in [5.74, 6) is -1.74. The molecular formula is C13H11ClF3NOS. The molecule has 7 heteroatoms.